The Kier molecular flexibility index (Phi) is 9.14. The highest BCUT2D eigenvalue weighted by atomic mass is 35.5. The third-order valence-electron chi connectivity index (χ3n) is 2.37. The molecular weight excluding hydrogens is 318 g/mol. The van der Waals surface area contributed by atoms with Crippen LogP contribution in [0, 0.1) is 0 Å². The Bertz CT molecular complexity index is 534. The summed E-state index contributed by atoms with van der Waals surface area (Å²) >= 11 is 0. The van der Waals surface area contributed by atoms with Crippen LogP contribution in [0.4, 0.5) is 5.69 Å². The smallest absolute Gasteiger partial charge is 0.238 e. The molecule has 0 unspecified atom stereocenters. The van der Waals surface area contributed by atoms with Crippen molar-refractivity contribution >= 4 is 34.0 Å². The molecule has 7 nitrogen and oxygen atoms in total. The van der Waals surface area contributed by atoms with Gasteiger partial charge in [0.25, 0.3) is 0 Å². The van der Waals surface area contributed by atoms with Crippen LogP contribution in [0.1, 0.15) is 5.56 Å². The first-order chi connectivity index (χ1) is 9.40. The van der Waals surface area contributed by atoms with Gasteiger partial charge >= 0.3 is 0 Å². The number of methoxy groups -OCH3 is 1. The Morgan fingerprint density at radius 2 is 1.90 bits per heavy atom. The number of halogens is 1. The molecule has 0 aliphatic heterocycles. The van der Waals surface area contributed by atoms with E-state index in [2.05, 4.69) is 10.6 Å². The van der Waals surface area contributed by atoms with Gasteiger partial charge in [-0.2, -0.15) is 0 Å². The average Bonchev–Trinajstić information content (AvgIpc) is 2.35. The molecule has 0 bridgehead atoms. The van der Waals surface area contributed by atoms with Crippen molar-refractivity contribution in [3.8, 4) is 0 Å². The quantitative estimate of drug-likeness (QED) is 0.581. The predicted octanol–water partition coefficient (Wildman–Crippen LogP) is 0.0714. The van der Waals surface area contributed by atoms with Crippen molar-refractivity contribution in [1.29, 1.82) is 0 Å². The van der Waals surface area contributed by atoms with Crippen LogP contribution in [0.5, 0.6) is 0 Å². The minimum atomic E-state index is -3.54. The van der Waals surface area contributed by atoms with Gasteiger partial charge in [0.2, 0.25) is 15.9 Å². The van der Waals surface area contributed by atoms with E-state index in [1.807, 2.05) is 0 Å². The van der Waals surface area contributed by atoms with E-state index in [9.17, 15) is 13.2 Å². The normalized spacial score (nSPS) is 10.8. The Balaban J connectivity index is 0.00000400. The minimum absolute atomic E-state index is 0. The number of sulfonamides is 1. The third kappa shape index (κ3) is 9.38. The maximum absolute atomic E-state index is 11.6. The number of rotatable bonds is 8. The summed E-state index contributed by atoms with van der Waals surface area (Å²) < 4.78 is 26.7. The number of benzene rings is 1. The fourth-order valence-electron chi connectivity index (χ4n) is 1.50. The summed E-state index contributed by atoms with van der Waals surface area (Å²) in [5.41, 5.74) is 1.17. The topological polar surface area (TPSA) is 111 Å². The van der Waals surface area contributed by atoms with Crippen molar-refractivity contribution < 1.29 is 17.9 Å². The van der Waals surface area contributed by atoms with Gasteiger partial charge in [0, 0.05) is 19.3 Å². The molecule has 1 amide bonds. The van der Waals surface area contributed by atoms with Crippen LogP contribution in [0.15, 0.2) is 24.3 Å². The molecule has 0 radical (unpaired) electrons. The zero-order chi connectivity index (χ0) is 15.0. The van der Waals surface area contributed by atoms with Crippen molar-refractivity contribution in [2.24, 2.45) is 5.14 Å². The first-order valence-corrected chi connectivity index (χ1v) is 7.71. The van der Waals surface area contributed by atoms with E-state index in [4.69, 9.17) is 9.88 Å². The van der Waals surface area contributed by atoms with Crippen LogP contribution < -0.4 is 15.8 Å². The van der Waals surface area contributed by atoms with Crippen molar-refractivity contribution in [2.75, 3.05) is 32.1 Å². The fraction of sp³-hybridized carbons (Fsp3) is 0.417. The van der Waals surface area contributed by atoms with E-state index < -0.39 is 10.0 Å². The van der Waals surface area contributed by atoms with E-state index in [1.54, 1.807) is 31.4 Å². The van der Waals surface area contributed by atoms with Gasteiger partial charge in [-0.15, -0.1) is 12.4 Å². The van der Waals surface area contributed by atoms with E-state index in [0.717, 1.165) is 0 Å². The highest BCUT2D eigenvalue weighted by molar-refractivity contribution is 7.88. The average molecular weight is 338 g/mol. The monoisotopic (exact) mass is 337 g/mol. The zero-order valence-corrected chi connectivity index (χ0v) is 13.3. The maximum atomic E-state index is 11.6. The molecule has 0 heterocycles. The molecule has 1 rings (SSSR count). The largest absolute Gasteiger partial charge is 0.383 e. The molecule has 4 N–H and O–H groups in total. The number of hydrogen-bond donors (Lipinski definition) is 3. The number of anilines is 1. The van der Waals surface area contributed by atoms with Gasteiger partial charge in [0.15, 0.2) is 0 Å². The number of carbonyl (C=O) groups is 1. The van der Waals surface area contributed by atoms with Gasteiger partial charge in [0.05, 0.1) is 18.9 Å². The van der Waals surface area contributed by atoms with Gasteiger partial charge in [-0.25, -0.2) is 13.6 Å². The number of nitrogens with two attached hydrogens (primary N) is 1. The number of carbonyl (C=O) groups excluding carboxylic acids is 1. The highest BCUT2D eigenvalue weighted by Gasteiger charge is 2.06. The van der Waals surface area contributed by atoms with Crippen LogP contribution >= 0.6 is 12.4 Å². The molecule has 0 saturated carbocycles. The van der Waals surface area contributed by atoms with E-state index in [-0.39, 0.29) is 30.6 Å². The second kappa shape index (κ2) is 9.69. The Morgan fingerprint density at radius 3 is 2.43 bits per heavy atom. The lowest BCUT2D eigenvalue weighted by Gasteiger charge is -2.07. The number of hydrogen-bond acceptors (Lipinski definition) is 5. The number of nitrogens with one attached hydrogen (secondary N) is 2. The molecule has 1 aromatic rings. The summed E-state index contributed by atoms with van der Waals surface area (Å²) in [6.07, 6.45) is 0. The van der Waals surface area contributed by atoms with Crippen molar-refractivity contribution in [3.05, 3.63) is 29.8 Å². The van der Waals surface area contributed by atoms with Crippen LogP contribution in [0.3, 0.4) is 0 Å². The maximum Gasteiger partial charge on any atom is 0.238 e. The molecule has 0 fully saturated rings. The number of primary sulfonamides is 1. The summed E-state index contributed by atoms with van der Waals surface area (Å²) in [6, 6.07) is 6.48. The Morgan fingerprint density at radius 1 is 1.29 bits per heavy atom. The molecule has 0 aliphatic carbocycles. The van der Waals surface area contributed by atoms with Gasteiger partial charge in [-0.1, -0.05) is 12.1 Å². The van der Waals surface area contributed by atoms with Gasteiger partial charge in [-0.3, -0.25) is 4.79 Å². The van der Waals surface area contributed by atoms with E-state index in [1.165, 1.54) is 0 Å². The van der Waals surface area contributed by atoms with Crippen molar-refractivity contribution in [3.63, 3.8) is 0 Å². The number of amides is 1. The lowest BCUT2D eigenvalue weighted by Crippen LogP contribution is -2.30. The Hall–Kier alpha value is -1.19. The molecule has 1 aromatic carbocycles. The summed E-state index contributed by atoms with van der Waals surface area (Å²) in [5.74, 6) is -0.403. The van der Waals surface area contributed by atoms with Gasteiger partial charge < -0.3 is 15.4 Å². The zero-order valence-electron chi connectivity index (χ0n) is 11.7. The molecule has 0 aliphatic rings. The van der Waals surface area contributed by atoms with Crippen molar-refractivity contribution in [1.82, 2.24) is 5.32 Å². The SMILES string of the molecule is COCCNCC(=O)Nc1ccc(CS(N)(=O)=O)cc1.Cl. The standard InChI is InChI=1S/C12H19N3O4S.ClH/c1-19-7-6-14-8-12(16)15-11-4-2-10(3-5-11)9-20(13,17)18;/h2-5,14H,6-9H2,1H3,(H,15,16)(H2,13,17,18);1H. The molecule has 0 spiro atoms. The molecule has 0 saturated heterocycles. The van der Waals surface area contributed by atoms with Crippen LogP contribution in [0.25, 0.3) is 0 Å². The first kappa shape index (κ1) is 19.8. The van der Waals surface area contributed by atoms with E-state index >= 15 is 0 Å². The molecule has 21 heavy (non-hydrogen) atoms. The highest BCUT2D eigenvalue weighted by Crippen LogP contribution is 2.10. The van der Waals surface area contributed by atoms with Gasteiger partial charge in [-0.05, 0) is 17.7 Å². The van der Waals surface area contributed by atoms with Crippen LogP contribution in [-0.4, -0.2) is 41.1 Å². The summed E-state index contributed by atoms with van der Waals surface area (Å²) in [4.78, 5) is 11.6. The van der Waals surface area contributed by atoms with Crippen LogP contribution in [0.2, 0.25) is 0 Å². The van der Waals surface area contributed by atoms with Gasteiger partial charge in [0.1, 0.15) is 0 Å². The lowest BCUT2D eigenvalue weighted by molar-refractivity contribution is -0.115. The molecule has 9 heteroatoms. The predicted molar refractivity (Wildman–Crippen MR) is 83.9 cm³/mol. The second-order valence-corrected chi connectivity index (χ2v) is 5.84. The molecule has 120 valence electrons. The molecule has 0 aromatic heterocycles. The fourth-order valence-corrected chi connectivity index (χ4v) is 2.16. The van der Waals surface area contributed by atoms with E-state index in [0.29, 0.717) is 24.4 Å². The molecule has 0 atom stereocenters. The Labute approximate surface area is 130 Å². The third-order valence-corrected chi connectivity index (χ3v) is 3.11. The summed E-state index contributed by atoms with van der Waals surface area (Å²) in [6.45, 7) is 1.31. The lowest BCUT2D eigenvalue weighted by atomic mass is 10.2. The minimum Gasteiger partial charge on any atom is -0.383 e. The van der Waals surface area contributed by atoms with Crippen LogP contribution in [-0.2, 0) is 25.3 Å². The summed E-state index contributed by atoms with van der Waals surface area (Å²) in [5, 5.41) is 10.6. The summed E-state index contributed by atoms with van der Waals surface area (Å²) in [7, 11) is -1.95. The first-order valence-electron chi connectivity index (χ1n) is 5.99. The second-order valence-electron chi connectivity index (χ2n) is 4.22. The molecular formula is C12H20ClN3O4S. The van der Waals surface area contributed by atoms with Crippen molar-refractivity contribution in [2.45, 2.75) is 5.75 Å². The number of ether oxygens (including phenoxy) is 1.